The van der Waals surface area contributed by atoms with Gasteiger partial charge in [0.2, 0.25) is 0 Å². The molecule has 0 bridgehead atoms. The normalized spacial score (nSPS) is 11.5. The number of amidine groups is 1. The minimum absolute atomic E-state index is 0.101. The lowest BCUT2D eigenvalue weighted by atomic mass is 10.1. The molecular formula is C14H15ClN4O2. The maximum Gasteiger partial charge on any atom is 0.322 e. The average Bonchev–Trinajstić information content (AvgIpc) is 2.47. The fourth-order valence-electron chi connectivity index (χ4n) is 1.76. The van der Waals surface area contributed by atoms with E-state index in [9.17, 15) is 0 Å². The van der Waals surface area contributed by atoms with E-state index in [0.717, 1.165) is 12.0 Å². The van der Waals surface area contributed by atoms with Crippen LogP contribution in [0.1, 0.15) is 23.9 Å². The summed E-state index contributed by atoms with van der Waals surface area (Å²) < 4.78 is 5.62. The zero-order chi connectivity index (χ0) is 15.4. The maximum absolute atomic E-state index is 8.71. The first kappa shape index (κ1) is 15.1. The van der Waals surface area contributed by atoms with Crippen LogP contribution in [0.3, 0.4) is 0 Å². The first-order valence-electron chi connectivity index (χ1n) is 6.33. The number of rotatable bonds is 4. The molecule has 0 aliphatic rings. The number of benzene rings is 1. The number of halogens is 1. The lowest BCUT2D eigenvalue weighted by Gasteiger charge is -2.08. The van der Waals surface area contributed by atoms with Crippen molar-refractivity contribution in [1.82, 2.24) is 9.97 Å². The second-order valence-corrected chi connectivity index (χ2v) is 4.78. The molecule has 7 heteroatoms. The molecule has 0 fully saturated rings. The Labute approximate surface area is 127 Å². The van der Waals surface area contributed by atoms with Crippen molar-refractivity contribution in [3.8, 4) is 11.8 Å². The van der Waals surface area contributed by atoms with E-state index in [1.54, 1.807) is 25.1 Å². The van der Waals surface area contributed by atoms with Gasteiger partial charge in [-0.05, 0) is 43.2 Å². The Bertz CT molecular complexity index is 689. The molecule has 2 aromatic rings. The summed E-state index contributed by atoms with van der Waals surface area (Å²) in [4.78, 5) is 8.26. The second-order valence-electron chi connectivity index (χ2n) is 4.37. The SMILES string of the molecule is CCc1cc(Oc2nc(C)cc(/C(N)=N/O)n2)ccc1Cl. The Hall–Kier alpha value is -2.34. The van der Waals surface area contributed by atoms with Gasteiger partial charge in [0.25, 0.3) is 0 Å². The number of aryl methyl sites for hydroxylation is 2. The number of nitrogens with two attached hydrogens (primary N) is 1. The Morgan fingerprint density at radius 2 is 2.14 bits per heavy atom. The van der Waals surface area contributed by atoms with E-state index in [4.69, 9.17) is 27.3 Å². The largest absolute Gasteiger partial charge is 0.424 e. The van der Waals surface area contributed by atoms with E-state index in [0.29, 0.717) is 22.2 Å². The Balaban J connectivity index is 2.33. The minimum atomic E-state index is -0.101. The highest BCUT2D eigenvalue weighted by Gasteiger charge is 2.09. The third-order valence-electron chi connectivity index (χ3n) is 2.81. The van der Waals surface area contributed by atoms with Gasteiger partial charge < -0.3 is 15.7 Å². The van der Waals surface area contributed by atoms with Crippen molar-refractivity contribution in [1.29, 1.82) is 0 Å². The molecule has 0 saturated heterocycles. The first-order valence-corrected chi connectivity index (χ1v) is 6.71. The molecular weight excluding hydrogens is 292 g/mol. The van der Waals surface area contributed by atoms with Crippen LogP contribution in [0, 0.1) is 6.92 Å². The van der Waals surface area contributed by atoms with Crippen molar-refractivity contribution in [2.24, 2.45) is 10.9 Å². The molecule has 0 spiro atoms. The Kier molecular flexibility index (Phi) is 4.59. The summed E-state index contributed by atoms with van der Waals surface area (Å²) in [5.74, 6) is 0.475. The summed E-state index contributed by atoms with van der Waals surface area (Å²) in [6.45, 7) is 3.77. The topological polar surface area (TPSA) is 93.6 Å². The molecule has 0 atom stereocenters. The van der Waals surface area contributed by atoms with Gasteiger partial charge in [0.1, 0.15) is 11.4 Å². The average molecular weight is 307 g/mol. The molecule has 0 saturated carbocycles. The minimum Gasteiger partial charge on any atom is -0.424 e. The van der Waals surface area contributed by atoms with Crippen LogP contribution < -0.4 is 10.5 Å². The first-order chi connectivity index (χ1) is 10.0. The smallest absolute Gasteiger partial charge is 0.322 e. The number of hydrogen-bond acceptors (Lipinski definition) is 5. The molecule has 2 rings (SSSR count). The van der Waals surface area contributed by atoms with Crippen molar-refractivity contribution < 1.29 is 9.94 Å². The van der Waals surface area contributed by atoms with Crippen LogP contribution in [0.2, 0.25) is 5.02 Å². The van der Waals surface area contributed by atoms with Gasteiger partial charge in [0, 0.05) is 10.7 Å². The standard InChI is InChI=1S/C14H15ClN4O2/c1-3-9-7-10(4-5-11(9)15)21-14-17-8(2)6-12(18-14)13(16)19-20/h4-7,20H,3H2,1-2H3,(H2,16,19). The molecule has 0 aliphatic heterocycles. The maximum atomic E-state index is 8.71. The molecule has 0 aliphatic carbocycles. The summed E-state index contributed by atoms with van der Waals surface area (Å²) in [6.07, 6.45) is 0.792. The molecule has 0 amide bonds. The van der Waals surface area contributed by atoms with E-state index < -0.39 is 0 Å². The van der Waals surface area contributed by atoms with Gasteiger partial charge in [-0.15, -0.1) is 0 Å². The number of nitrogens with zero attached hydrogens (tertiary/aromatic N) is 3. The van der Waals surface area contributed by atoms with Crippen LogP contribution in [-0.2, 0) is 6.42 Å². The molecule has 6 nitrogen and oxygen atoms in total. The van der Waals surface area contributed by atoms with E-state index in [-0.39, 0.29) is 11.8 Å². The van der Waals surface area contributed by atoms with E-state index in [1.165, 1.54) is 0 Å². The predicted molar refractivity (Wildman–Crippen MR) is 80.2 cm³/mol. The molecule has 0 unspecified atom stereocenters. The van der Waals surface area contributed by atoms with E-state index in [2.05, 4.69) is 15.1 Å². The van der Waals surface area contributed by atoms with Gasteiger partial charge >= 0.3 is 6.01 Å². The highest BCUT2D eigenvalue weighted by molar-refractivity contribution is 6.31. The van der Waals surface area contributed by atoms with E-state index in [1.807, 2.05) is 13.0 Å². The summed E-state index contributed by atoms with van der Waals surface area (Å²) in [5, 5.41) is 12.3. The van der Waals surface area contributed by atoms with Gasteiger partial charge in [-0.2, -0.15) is 4.98 Å². The van der Waals surface area contributed by atoms with Crippen molar-refractivity contribution in [2.45, 2.75) is 20.3 Å². The summed E-state index contributed by atoms with van der Waals surface area (Å²) in [7, 11) is 0. The number of oxime groups is 1. The monoisotopic (exact) mass is 306 g/mol. The zero-order valence-electron chi connectivity index (χ0n) is 11.7. The number of aromatic nitrogens is 2. The van der Waals surface area contributed by atoms with Gasteiger partial charge in [0.05, 0.1) is 0 Å². The lowest BCUT2D eigenvalue weighted by molar-refractivity contribution is 0.318. The third-order valence-corrected chi connectivity index (χ3v) is 3.18. The quantitative estimate of drug-likeness (QED) is 0.392. The van der Waals surface area contributed by atoms with Gasteiger partial charge in [-0.1, -0.05) is 23.7 Å². The Morgan fingerprint density at radius 3 is 2.81 bits per heavy atom. The van der Waals surface area contributed by atoms with Crippen molar-refractivity contribution in [3.05, 3.63) is 46.2 Å². The molecule has 1 aromatic carbocycles. The molecule has 1 heterocycles. The summed E-state index contributed by atoms with van der Waals surface area (Å²) >= 11 is 6.06. The van der Waals surface area contributed by atoms with Crippen LogP contribution >= 0.6 is 11.6 Å². The van der Waals surface area contributed by atoms with Crippen LogP contribution in [-0.4, -0.2) is 21.0 Å². The van der Waals surface area contributed by atoms with Crippen LogP contribution in [0.25, 0.3) is 0 Å². The molecule has 110 valence electrons. The fourth-order valence-corrected chi connectivity index (χ4v) is 2.01. The fraction of sp³-hybridized carbons (Fsp3) is 0.214. The van der Waals surface area contributed by atoms with E-state index >= 15 is 0 Å². The van der Waals surface area contributed by atoms with Crippen molar-refractivity contribution in [2.75, 3.05) is 0 Å². The zero-order valence-corrected chi connectivity index (χ0v) is 12.4. The van der Waals surface area contributed by atoms with Crippen LogP contribution in [0.5, 0.6) is 11.8 Å². The van der Waals surface area contributed by atoms with Crippen molar-refractivity contribution in [3.63, 3.8) is 0 Å². The molecule has 0 radical (unpaired) electrons. The van der Waals surface area contributed by atoms with Crippen LogP contribution in [0.4, 0.5) is 0 Å². The van der Waals surface area contributed by atoms with Gasteiger partial charge in [-0.25, -0.2) is 4.98 Å². The summed E-state index contributed by atoms with van der Waals surface area (Å²) in [6, 6.07) is 7.05. The third kappa shape index (κ3) is 3.61. The molecule has 21 heavy (non-hydrogen) atoms. The lowest BCUT2D eigenvalue weighted by Crippen LogP contribution is -2.16. The molecule has 3 N–H and O–H groups in total. The number of ether oxygens (including phenoxy) is 1. The number of hydrogen-bond donors (Lipinski definition) is 2. The Morgan fingerprint density at radius 1 is 1.38 bits per heavy atom. The van der Waals surface area contributed by atoms with Gasteiger partial charge in [-0.3, -0.25) is 0 Å². The second kappa shape index (κ2) is 6.41. The highest BCUT2D eigenvalue weighted by atomic mass is 35.5. The predicted octanol–water partition coefficient (Wildman–Crippen LogP) is 2.89. The van der Waals surface area contributed by atoms with Crippen molar-refractivity contribution >= 4 is 17.4 Å². The van der Waals surface area contributed by atoms with Gasteiger partial charge in [0.15, 0.2) is 5.84 Å². The highest BCUT2D eigenvalue weighted by Crippen LogP contribution is 2.25. The molecule has 1 aromatic heterocycles. The van der Waals surface area contributed by atoms with Crippen LogP contribution in [0.15, 0.2) is 29.4 Å². The summed E-state index contributed by atoms with van der Waals surface area (Å²) in [5.41, 5.74) is 7.44.